The second kappa shape index (κ2) is 10.5. The van der Waals surface area contributed by atoms with Crippen molar-refractivity contribution in [2.75, 3.05) is 12.0 Å². The topological polar surface area (TPSA) is 46.6 Å². The summed E-state index contributed by atoms with van der Waals surface area (Å²) >= 11 is 0. The van der Waals surface area contributed by atoms with E-state index in [9.17, 15) is 14.0 Å². The molecule has 3 aromatic carbocycles. The Morgan fingerprint density at radius 1 is 0.935 bits per heavy atom. The summed E-state index contributed by atoms with van der Waals surface area (Å²) in [6, 6.07) is 21.1. The van der Waals surface area contributed by atoms with Gasteiger partial charge in [-0.15, -0.1) is 0 Å². The summed E-state index contributed by atoms with van der Waals surface area (Å²) in [5.41, 5.74) is 3.82. The average Bonchev–Trinajstić information content (AvgIpc) is 2.81. The molecule has 160 valence electrons. The lowest BCUT2D eigenvalue weighted by atomic mass is 10.0. The number of carbonyl (C=O) groups excluding carboxylic acids is 2. The number of benzene rings is 3. The zero-order valence-electron chi connectivity index (χ0n) is 17.8. The van der Waals surface area contributed by atoms with Crippen LogP contribution < -0.4 is 4.90 Å². The minimum Gasteiger partial charge on any atom is -0.465 e. The van der Waals surface area contributed by atoms with Gasteiger partial charge in [-0.25, -0.2) is 9.18 Å². The summed E-state index contributed by atoms with van der Waals surface area (Å²) < 4.78 is 18.6. The first-order valence-corrected chi connectivity index (χ1v) is 10.4. The monoisotopic (exact) mass is 419 g/mol. The van der Waals surface area contributed by atoms with Gasteiger partial charge >= 0.3 is 5.97 Å². The highest BCUT2D eigenvalue weighted by molar-refractivity contribution is 5.93. The zero-order chi connectivity index (χ0) is 22.2. The number of esters is 1. The third-order valence-electron chi connectivity index (χ3n) is 5.08. The molecular formula is C26H26FNO3. The number of nitrogens with zero attached hydrogens (tertiary/aromatic N) is 1. The van der Waals surface area contributed by atoms with Gasteiger partial charge in [0, 0.05) is 12.1 Å². The predicted octanol–water partition coefficient (Wildman–Crippen LogP) is 6.00. The lowest BCUT2D eigenvalue weighted by molar-refractivity contribution is -0.118. The fourth-order valence-corrected chi connectivity index (χ4v) is 3.36. The first kappa shape index (κ1) is 22.2. The van der Waals surface area contributed by atoms with Crippen molar-refractivity contribution in [3.63, 3.8) is 0 Å². The molecule has 0 aliphatic rings. The van der Waals surface area contributed by atoms with Crippen molar-refractivity contribution >= 4 is 17.6 Å². The second-order valence-electron chi connectivity index (χ2n) is 7.33. The average molecular weight is 419 g/mol. The molecule has 5 heteroatoms. The number of hydrogen-bond donors (Lipinski definition) is 0. The van der Waals surface area contributed by atoms with Gasteiger partial charge in [-0.2, -0.15) is 0 Å². The van der Waals surface area contributed by atoms with E-state index >= 15 is 0 Å². The Bertz CT molecular complexity index is 1050. The summed E-state index contributed by atoms with van der Waals surface area (Å²) in [7, 11) is 1.36. The van der Waals surface area contributed by atoms with E-state index in [1.165, 1.54) is 19.2 Å². The van der Waals surface area contributed by atoms with E-state index in [0.29, 0.717) is 24.2 Å². The van der Waals surface area contributed by atoms with Crippen molar-refractivity contribution < 1.29 is 18.7 Å². The van der Waals surface area contributed by atoms with Crippen LogP contribution >= 0.6 is 0 Å². The zero-order valence-corrected chi connectivity index (χ0v) is 17.8. The molecule has 3 rings (SSSR count). The lowest BCUT2D eigenvalue weighted by Crippen LogP contribution is -2.30. The highest BCUT2D eigenvalue weighted by Crippen LogP contribution is 2.24. The van der Waals surface area contributed by atoms with Crippen molar-refractivity contribution in [2.24, 2.45) is 0 Å². The number of anilines is 1. The third-order valence-corrected chi connectivity index (χ3v) is 5.08. The predicted molar refractivity (Wildman–Crippen MR) is 120 cm³/mol. The van der Waals surface area contributed by atoms with Crippen LogP contribution in [0.2, 0.25) is 0 Å². The largest absolute Gasteiger partial charge is 0.465 e. The summed E-state index contributed by atoms with van der Waals surface area (Å²) in [5, 5.41) is 0. The van der Waals surface area contributed by atoms with Crippen LogP contribution in [0.1, 0.15) is 42.1 Å². The minimum absolute atomic E-state index is 0.0256. The van der Waals surface area contributed by atoms with Gasteiger partial charge in [-0.3, -0.25) is 4.79 Å². The van der Waals surface area contributed by atoms with Crippen LogP contribution in [0, 0.1) is 5.82 Å². The number of hydrogen-bond acceptors (Lipinski definition) is 3. The molecule has 1 amide bonds. The minimum atomic E-state index is -0.380. The van der Waals surface area contributed by atoms with Gasteiger partial charge in [0.2, 0.25) is 5.91 Å². The molecule has 31 heavy (non-hydrogen) atoms. The molecule has 3 aromatic rings. The molecule has 0 bridgehead atoms. The van der Waals surface area contributed by atoms with Crippen LogP contribution in [0.5, 0.6) is 0 Å². The standard InChI is InChI=1S/C26H26FNO3/c1-3-4-11-25(29)28(24-10-6-9-23(27)17-24)18-19-12-14-20(15-13-19)21-7-5-8-22(16-21)26(30)31-2/h5-10,12-17H,3-4,11,18H2,1-2H3. The number of unbranched alkanes of at least 4 members (excludes halogenated alkanes) is 1. The Morgan fingerprint density at radius 3 is 2.35 bits per heavy atom. The smallest absolute Gasteiger partial charge is 0.337 e. The Labute approximate surface area is 182 Å². The van der Waals surface area contributed by atoms with E-state index < -0.39 is 0 Å². The van der Waals surface area contributed by atoms with Crippen LogP contribution in [0.15, 0.2) is 72.8 Å². The Hall–Kier alpha value is -3.47. The molecule has 0 atom stereocenters. The summed E-state index contributed by atoms with van der Waals surface area (Å²) in [5.74, 6) is -0.774. The molecule has 0 aliphatic heterocycles. The van der Waals surface area contributed by atoms with Gasteiger partial charge < -0.3 is 9.64 Å². The molecule has 0 aromatic heterocycles. The maximum atomic E-state index is 13.8. The Balaban J connectivity index is 1.83. The normalized spacial score (nSPS) is 10.5. The van der Waals surface area contributed by atoms with Gasteiger partial charge in [0.1, 0.15) is 5.82 Å². The van der Waals surface area contributed by atoms with E-state index in [2.05, 4.69) is 0 Å². The molecule has 0 fully saturated rings. The lowest BCUT2D eigenvalue weighted by Gasteiger charge is -2.23. The molecule has 0 aliphatic carbocycles. The van der Waals surface area contributed by atoms with Crippen molar-refractivity contribution in [2.45, 2.75) is 32.7 Å². The third kappa shape index (κ3) is 5.79. The van der Waals surface area contributed by atoms with Crippen LogP contribution in [0.3, 0.4) is 0 Å². The van der Waals surface area contributed by atoms with Gasteiger partial charge in [0.25, 0.3) is 0 Å². The molecule has 0 saturated carbocycles. The second-order valence-corrected chi connectivity index (χ2v) is 7.33. The molecule has 0 spiro atoms. The maximum absolute atomic E-state index is 13.8. The first-order valence-electron chi connectivity index (χ1n) is 10.4. The van der Waals surface area contributed by atoms with Crippen molar-refractivity contribution in [3.05, 3.63) is 89.7 Å². The fraction of sp³-hybridized carbons (Fsp3) is 0.231. The Morgan fingerprint density at radius 2 is 1.68 bits per heavy atom. The number of ether oxygens (including phenoxy) is 1. The van der Waals surface area contributed by atoms with Gasteiger partial charge in [-0.1, -0.05) is 55.8 Å². The molecule has 0 radical (unpaired) electrons. The molecule has 0 saturated heterocycles. The highest BCUT2D eigenvalue weighted by Gasteiger charge is 2.16. The quantitative estimate of drug-likeness (QED) is 0.421. The molecule has 0 heterocycles. The van der Waals surface area contributed by atoms with E-state index in [0.717, 1.165) is 29.5 Å². The van der Waals surface area contributed by atoms with Crippen LogP contribution in [0.4, 0.5) is 10.1 Å². The van der Waals surface area contributed by atoms with Crippen LogP contribution in [-0.2, 0) is 16.1 Å². The Kier molecular flexibility index (Phi) is 7.55. The number of rotatable bonds is 8. The maximum Gasteiger partial charge on any atom is 0.337 e. The van der Waals surface area contributed by atoms with Crippen LogP contribution in [-0.4, -0.2) is 19.0 Å². The SMILES string of the molecule is CCCCC(=O)N(Cc1ccc(-c2cccc(C(=O)OC)c2)cc1)c1cccc(F)c1. The van der Waals surface area contributed by atoms with Gasteiger partial charge in [0.15, 0.2) is 0 Å². The summed E-state index contributed by atoms with van der Waals surface area (Å²) in [6.45, 7) is 2.39. The van der Waals surface area contributed by atoms with E-state index in [4.69, 9.17) is 4.74 Å². The van der Waals surface area contributed by atoms with E-state index in [1.807, 2.05) is 43.3 Å². The molecular weight excluding hydrogens is 393 g/mol. The fourth-order valence-electron chi connectivity index (χ4n) is 3.36. The van der Waals surface area contributed by atoms with E-state index in [-0.39, 0.29) is 17.7 Å². The van der Waals surface area contributed by atoms with Crippen molar-refractivity contribution in [1.82, 2.24) is 0 Å². The van der Waals surface area contributed by atoms with Crippen molar-refractivity contribution in [3.8, 4) is 11.1 Å². The van der Waals surface area contributed by atoms with Crippen molar-refractivity contribution in [1.29, 1.82) is 0 Å². The number of carbonyl (C=O) groups is 2. The number of amides is 1. The highest BCUT2D eigenvalue weighted by atomic mass is 19.1. The van der Waals surface area contributed by atoms with E-state index in [1.54, 1.807) is 29.2 Å². The summed E-state index contributed by atoms with van der Waals surface area (Å²) in [6.07, 6.45) is 2.13. The molecule has 0 unspecified atom stereocenters. The molecule has 4 nitrogen and oxygen atoms in total. The van der Waals surface area contributed by atoms with Gasteiger partial charge in [-0.05, 0) is 53.4 Å². The number of halogens is 1. The summed E-state index contributed by atoms with van der Waals surface area (Å²) in [4.78, 5) is 26.2. The molecule has 0 N–H and O–H groups in total. The van der Waals surface area contributed by atoms with Crippen LogP contribution in [0.25, 0.3) is 11.1 Å². The first-order chi connectivity index (χ1) is 15.0. The number of methoxy groups -OCH3 is 1. The van der Waals surface area contributed by atoms with Gasteiger partial charge in [0.05, 0.1) is 19.2 Å².